The molecule has 4 nitrogen and oxygen atoms in total. The Balaban J connectivity index is 2.45. The van der Waals surface area contributed by atoms with Crippen molar-refractivity contribution in [2.75, 3.05) is 19.7 Å². The van der Waals surface area contributed by atoms with Crippen LogP contribution in [-0.4, -0.2) is 35.0 Å². The molecule has 1 aromatic rings. The smallest absolute Gasteiger partial charge is 0.119 e. The Labute approximate surface area is 82.8 Å². The third kappa shape index (κ3) is 3.24. The molecule has 78 valence electrons. The van der Waals surface area contributed by atoms with Gasteiger partial charge in [0.25, 0.3) is 0 Å². The van der Waals surface area contributed by atoms with E-state index in [4.69, 9.17) is 10.2 Å². The number of hydrogen-bond acceptors (Lipinski definition) is 4. The molecule has 0 saturated carbocycles. The van der Waals surface area contributed by atoms with Gasteiger partial charge in [0, 0.05) is 6.54 Å². The summed E-state index contributed by atoms with van der Waals surface area (Å²) in [6.07, 6.45) is 0.625. The lowest BCUT2D eigenvalue weighted by Gasteiger charge is -2.05. The lowest BCUT2D eigenvalue weighted by atomic mass is 10.1. The van der Waals surface area contributed by atoms with E-state index in [-0.39, 0.29) is 18.1 Å². The van der Waals surface area contributed by atoms with E-state index in [0.717, 1.165) is 0 Å². The highest BCUT2D eigenvalue weighted by Crippen LogP contribution is 2.21. The van der Waals surface area contributed by atoms with Gasteiger partial charge in [-0.2, -0.15) is 0 Å². The summed E-state index contributed by atoms with van der Waals surface area (Å²) < 4.78 is 0. The van der Waals surface area contributed by atoms with Gasteiger partial charge in [-0.15, -0.1) is 0 Å². The molecule has 0 heterocycles. The predicted molar refractivity (Wildman–Crippen MR) is 53.4 cm³/mol. The molecule has 0 saturated heterocycles. The van der Waals surface area contributed by atoms with E-state index in [1.165, 1.54) is 18.2 Å². The van der Waals surface area contributed by atoms with Gasteiger partial charge in [-0.05, 0) is 36.7 Å². The van der Waals surface area contributed by atoms with Gasteiger partial charge in [-0.1, -0.05) is 0 Å². The number of aromatic hydroxyl groups is 2. The normalized spacial score (nSPS) is 10.4. The van der Waals surface area contributed by atoms with Crippen molar-refractivity contribution in [2.24, 2.45) is 0 Å². The Bertz CT molecular complexity index is 289. The van der Waals surface area contributed by atoms with E-state index in [1.807, 2.05) is 0 Å². The quantitative estimate of drug-likeness (QED) is 0.402. The third-order valence-electron chi connectivity index (χ3n) is 1.92. The van der Waals surface area contributed by atoms with E-state index in [9.17, 15) is 5.11 Å². The van der Waals surface area contributed by atoms with Crippen molar-refractivity contribution in [1.82, 2.24) is 5.32 Å². The summed E-state index contributed by atoms with van der Waals surface area (Å²) in [5.74, 6) is 0.341. The van der Waals surface area contributed by atoms with Crippen LogP contribution in [-0.2, 0) is 6.42 Å². The van der Waals surface area contributed by atoms with Crippen molar-refractivity contribution in [2.45, 2.75) is 6.42 Å². The van der Waals surface area contributed by atoms with Crippen molar-refractivity contribution in [3.63, 3.8) is 0 Å². The summed E-state index contributed by atoms with van der Waals surface area (Å²) >= 11 is 0. The highest BCUT2D eigenvalue weighted by atomic mass is 16.3. The van der Waals surface area contributed by atoms with E-state index in [2.05, 4.69) is 5.32 Å². The molecular formula is C10H15NO3. The summed E-state index contributed by atoms with van der Waals surface area (Å²) in [7, 11) is 0. The average Bonchev–Trinajstić information content (AvgIpc) is 2.18. The number of hydrogen-bond donors (Lipinski definition) is 4. The van der Waals surface area contributed by atoms with Gasteiger partial charge in [0.05, 0.1) is 6.61 Å². The van der Waals surface area contributed by atoms with Crippen molar-refractivity contribution >= 4 is 0 Å². The standard InChI is InChI=1S/C10H15NO3/c12-6-5-11-4-3-8-7-9(13)1-2-10(8)14/h1-2,7,11-14H,3-6H2. The lowest BCUT2D eigenvalue weighted by Crippen LogP contribution is -2.20. The fourth-order valence-corrected chi connectivity index (χ4v) is 1.20. The molecule has 0 fully saturated rings. The molecule has 0 spiro atoms. The second-order valence-electron chi connectivity index (χ2n) is 3.04. The van der Waals surface area contributed by atoms with Crippen LogP contribution < -0.4 is 5.32 Å². The first-order valence-corrected chi connectivity index (χ1v) is 4.56. The lowest BCUT2D eigenvalue weighted by molar-refractivity contribution is 0.292. The number of benzene rings is 1. The second kappa shape index (κ2) is 5.47. The molecule has 1 aromatic carbocycles. The van der Waals surface area contributed by atoms with Crippen LogP contribution in [0.2, 0.25) is 0 Å². The molecule has 1 rings (SSSR count). The molecule has 0 aliphatic rings. The van der Waals surface area contributed by atoms with E-state index in [0.29, 0.717) is 25.1 Å². The molecule has 0 atom stereocenters. The largest absolute Gasteiger partial charge is 0.508 e. The molecular weight excluding hydrogens is 182 g/mol. The minimum atomic E-state index is 0.103. The molecule has 4 heteroatoms. The van der Waals surface area contributed by atoms with E-state index >= 15 is 0 Å². The van der Waals surface area contributed by atoms with Crippen LogP contribution in [0.25, 0.3) is 0 Å². The fourth-order valence-electron chi connectivity index (χ4n) is 1.20. The van der Waals surface area contributed by atoms with Gasteiger partial charge in [0.15, 0.2) is 0 Å². The van der Waals surface area contributed by atoms with Gasteiger partial charge in [-0.3, -0.25) is 0 Å². The van der Waals surface area contributed by atoms with Crippen LogP contribution in [0.4, 0.5) is 0 Å². The number of phenolic OH excluding ortho intramolecular Hbond substituents is 2. The average molecular weight is 197 g/mol. The van der Waals surface area contributed by atoms with E-state index in [1.54, 1.807) is 0 Å². The van der Waals surface area contributed by atoms with E-state index < -0.39 is 0 Å². The van der Waals surface area contributed by atoms with Crippen molar-refractivity contribution in [3.05, 3.63) is 23.8 Å². The fraction of sp³-hybridized carbons (Fsp3) is 0.400. The SMILES string of the molecule is OCCNCCc1cc(O)ccc1O. The molecule has 0 bridgehead atoms. The first-order chi connectivity index (χ1) is 6.74. The number of rotatable bonds is 5. The van der Waals surface area contributed by atoms with Crippen LogP contribution in [0.3, 0.4) is 0 Å². The molecule has 4 N–H and O–H groups in total. The van der Waals surface area contributed by atoms with Crippen molar-refractivity contribution < 1.29 is 15.3 Å². The molecule has 0 aliphatic carbocycles. The van der Waals surface area contributed by atoms with Gasteiger partial charge in [0.2, 0.25) is 0 Å². The number of nitrogens with one attached hydrogen (secondary N) is 1. The van der Waals surface area contributed by atoms with Gasteiger partial charge >= 0.3 is 0 Å². The Hall–Kier alpha value is -1.26. The summed E-state index contributed by atoms with van der Waals surface area (Å²) in [5, 5.41) is 30.1. The van der Waals surface area contributed by atoms with Crippen molar-refractivity contribution in [1.29, 1.82) is 0 Å². The summed E-state index contributed by atoms with van der Waals surface area (Å²) in [6, 6.07) is 4.45. The van der Waals surface area contributed by atoms with Gasteiger partial charge < -0.3 is 20.6 Å². The van der Waals surface area contributed by atoms with Crippen LogP contribution in [0.1, 0.15) is 5.56 Å². The monoisotopic (exact) mass is 197 g/mol. The first-order valence-electron chi connectivity index (χ1n) is 4.56. The molecule has 0 aliphatic heterocycles. The van der Waals surface area contributed by atoms with Gasteiger partial charge in [0.1, 0.15) is 11.5 Å². The van der Waals surface area contributed by atoms with Crippen LogP contribution in [0, 0.1) is 0 Å². The van der Waals surface area contributed by atoms with Crippen molar-refractivity contribution in [3.8, 4) is 11.5 Å². The molecule has 0 unspecified atom stereocenters. The van der Waals surface area contributed by atoms with Crippen LogP contribution in [0.15, 0.2) is 18.2 Å². The zero-order valence-electron chi connectivity index (χ0n) is 7.90. The number of aliphatic hydroxyl groups excluding tert-OH is 1. The highest BCUT2D eigenvalue weighted by Gasteiger charge is 2.01. The highest BCUT2D eigenvalue weighted by molar-refractivity contribution is 5.38. The summed E-state index contributed by atoms with van der Waals surface area (Å²) in [5.41, 5.74) is 0.704. The minimum Gasteiger partial charge on any atom is -0.508 e. The Kier molecular flexibility index (Phi) is 4.22. The third-order valence-corrected chi connectivity index (χ3v) is 1.92. The van der Waals surface area contributed by atoms with Gasteiger partial charge in [-0.25, -0.2) is 0 Å². The van der Waals surface area contributed by atoms with Crippen LogP contribution in [0.5, 0.6) is 11.5 Å². The predicted octanol–water partition coefficient (Wildman–Crippen LogP) is 0.222. The van der Waals surface area contributed by atoms with Crippen LogP contribution >= 0.6 is 0 Å². The maximum atomic E-state index is 9.40. The first kappa shape index (κ1) is 10.8. The number of aliphatic hydroxyl groups is 1. The summed E-state index contributed by atoms with van der Waals surface area (Å²) in [4.78, 5) is 0. The maximum Gasteiger partial charge on any atom is 0.119 e. The summed E-state index contributed by atoms with van der Waals surface area (Å²) in [6.45, 7) is 1.31. The molecule has 0 aromatic heterocycles. The zero-order chi connectivity index (χ0) is 10.4. The number of phenols is 2. The topological polar surface area (TPSA) is 72.7 Å². The minimum absolute atomic E-state index is 0.103. The Morgan fingerprint density at radius 3 is 2.64 bits per heavy atom. The zero-order valence-corrected chi connectivity index (χ0v) is 7.90. The Morgan fingerprint density at radius 2 is 1.93 bits per heavy atom. The molecule has 0 radical (unpaired) electrons. The maximum absolute atomic E-state index is 9.40. The molecule has 0 amide bonds. The molecule has 14 heavy (non-hydrogen) atoms. The second-order valence-corrected chi connectivity index (χ2v) is 3.04. The Morgan fingerprint density at radius 1 is 1.14 bits per heavy atom.